The van der Waals surface area contributed by atoms with Crippen molar-refractivity contribution in [2.75, 3.05) is 20.2 Å². The molecule has 1 aliphatic rings. The third-order valence-corrected chi connectivity index (χ3v) is 3.94. The van der Waals surface area contributed by atoms with Gasteiger partial charge in [0.05, 0.1) is 17.2 Å². The molecule has 19 heavy (non-hydrogen) atoms. The fourth-order valence-corrected chi connectivity index (χ4v) is 2.80. The maximum absolute atomic E-state index is 7.56. The molecule has 1 atom stereocenters. The number of nitrogens with one attached hydrogen (secondary N) is 1. The second-order valence-corrected chi connectivity index (χ2v) is 5.35. The van der Waals surface area contributed by atoms with Crippen LogP contribution in [0.15, 0.2) is 18.2 Å². The first kappa shape index (κ1) is 14.2. The highest BCUT2D eigenvalue weighted by molar-refractivity contribution is 6.34. The van der Waals surface area contributed by atoms with Crippen molar-refractivity contribution in [1.29, 1.82) is 5.41 Å². The normalized spacial score (nSPS) is 19.6. The minimum absolute atomic E-state index is 0.0569. The summed E-state index contributed by atoms with van der Waals surface area (Å²) in [7, 11) is 2.15. The molecule has 0 aliphatic carbocycles. The van der Waals surface area contributed by atoms with Gasteiger partial charge in [-0.1, -0.05) is 17.7 Å². The smallest absolute Gasteiger partial charge is 0.131 e. The fourth-order valence-electron chi connectivity index (χ4n) is 2.53. The van der Waals surface area contributed by atoms with Crippen LogP contribution < -0.4 is 10.5 Å². The number of nitrogens with zero attached hydrogens (tertiary/aromatic N) is 1. The molecule has 1 fully saturated rings. The first-order valence-electron chi connectivity index (χ1n) is 6.55. The van der Waals surface area contributed by atoms with E-state index in [1.165, 1.54) is 19.4 Å². The first-order chi connectivity index (χ1) is 9.09. The van der Waals surface area contributed by atoms with Crippen LogP contribution in [0.2, 0.25) is 5.02 Å². The van der Waals surface area contributed by atoms with E-state index < -0.39 is 0 Å². The second-order valence-electron chi connectivity index (χ2n) is 4.94. The van der Waals surface area contributed by atoms with Gasteiger partial charge >= 0.3 is 0 Å². The lowest BCUT2D eigenvalue weighted by Crippen LogP contribution is -2.26. The van der Waals surface area contributed by atoms with Crippen LogP contribution in [-0.2, 0) is 0 Å². The molecule has 1 aromatic rings. The molecule has 5 heteroatoms. The van der Waals surface area contributed by atoms with Gasteiger partial charge in [0.2, 0.25) is 0 Å². The molecule has 1 unspecified atom stereocenters. The summed E-state index contributed by atoms with van der Waals surface area (Å²) in [4.78, 5) is 2.37. The lowest BCUT2D eigenvalue weighted by molar-refractivity contribution is 0.233. The Labute approximate surface area is 119 Å². The van der Waals surface area contributed by atoms with E-state index in [9.17, 15) is 0 Å². The van der Waals surface area contributed by atoms with Gasteiger partial charge in [-0.3, -0.25) is 5.41 Å². The molecule has 3 N–H and O–H groups in total. The zero-order valence-electron chi connectivity index (χ0n) is 11.2. The van der Waals surface area contributed by atoms with Gasteiger partial charge in [0.1, 0.15) is 11.6 Å². The number of halogens is 1. The summed E-state index contributed by atoms with van der Waals surface area (Å²) in [5.74, 6) is 0.541. The van der Waals surface area contributed by atoms with Crippen LogP contribution in [0.4, 0.5) is 0 Å². The third-order valence-electron chi connectivity index (χ3n) is 3.62. The van der Waals surface area contributed by atoms with Gasteiger partial charge in [0.15, 0.2) is 0 Å². The van der Waals surface area contributed by atoms with Crippen LogP contribution >= 0.6 is 11.6 Å². The van der Waals surface area contributed by atoms with E-state index in [-0.39, 0.29) is 5.84 Å². The van der Waals surface area contributed by atoms with Crippen molar-refractivity contribution in [3.8, 4) is 5.75 Å². The van der Waals surface area contributed by atoms with E-state index in [0.717, 1.165) is 6.42 Å². The SMILES string of the molecule is CN1CCCC1CCOc1cccc(Cl)c1C(=N)N. The molecule has 0 radical (unpaired) electrons. The Bertz CT molecular complexity index is 464. The van der Waals surface area contributed by atoms with Crippen molar-refractivity contribution in [3.05, 3.63) is 28.8 Å². The zero-order valence-corrected chi connectivity index (χ0v) is 11.9. The summed E-state index contributed by atoms with van der Waals surface area (Å²) in [5.41, 5.74) is 6.03. The quantitative estimate of drug-likeness (QED) is 0.644. The van der Waals surface area contributed by atoms with Gasteiger partial charge in [-0.25, -0.2) is 0 Å². The molecule has 1 heterocycles. The van der Waals surface area contributed by atoms with Gasteiger partial charge in [0, 0.05) is 6.04 Å². The Morgan fingerprint density at radius 2 is 2.37 bits per heavy atom. The average Bonchev–Trinajstić information content (AvgIpc) is 2.75. The van der Waals surface area contributed by atoms with Crippen molar-refractivity contribution in [2.24, 2.45) is 5.73 Å². The second kappa shape index (κ2) is 6.26. The van der Waals surface area contributed by atoms with Crippen LogP contribution in [0.1, 0.15) is 24.8 Å². The number of nitrogens with two attached hydrogens (primary N) is 1. The monoisotopic (exact) mass is 281 g/mol. The van der Waals surface area contributed by atoms with Crippen LogP contribution in [0.3, 0.4) is 0 Å². The number of ether oxygens (including phenoxy) is 1. The largest absolute Gasteiger partial charge is 0.493 e. The highest BCUT2D eigenvalue weighted by Gasteiger charge is 2.20. The summed E-state index contributed by atoms with van der Waals surface area (Å²) in [6.07, 6.45) is 3.48. The van der Waals surface area contributed by atoms with Crippen molar-refractivity contribution in [2.45, 2.75) is 25.3 Å². The molecule has 0 bridgehead atoms. The molecule has 1 saturated heterocycles. The first-order valence-corrected chi connectivity index (χ1v) is 6.93. The molecule has 0 aromatic heterocycles. The summed E-state index contributed by atoms with van der Waals surface area (Å²) in [6.45, 7) is 1.79. The van der Waals surface area contributed by atoms with E-state index in [1.807, 2.05) is 6.07 Å². The topological polar surface area (TPSA) is 62.3 Å². The summed E-state index contributed by atoms with van der Waals surface area (Å²) < 4.78 is 5.76. The van der Waals surface area contributed by atoms with Crippen LogP contribution in [0, 0.1) is 5.41 Å². The van der Waals surface area contributed by atoms with Gasteiger partial charge < -0.3 is 15.4 Å². The summed E-state index contributed by atoms with van der Waals surface area (Å²) >= 11 is 6.04. The molecular weight excluding hydrogens is 262 g/mol. The lowest BCUT2D eigenvalue weighted by Gasteiger charge is -2.20. The standard InChI is InChI=1S/C14H20ClN3O/c1-18-8-3-4-10(18)7-9-19-12-6-2-5-11(15)13(12)14(16)17/h2,5-6,10H,3-4,7-9H2,1H3,(H3,16,17). The van der Waals surface area contributed by atoms with Gasteiger partial charge in [0.25, 0.3) is 0 Å². The molecule has 0 saturated carbocycles. The Morgan fingerprint density at radius 1 is 1.58 bits per heavy atom. The third kappa shape index (κ3) is 3.39. The number of hydrogen-bond donors (Lipinski definition) is 2. The Balaban J connectivity index is 1.96. The van der Waals surface area contributed by atoms with Gasteiger partial charge in [-0.05, 0) is 45.0 Å². The predicted molar refractivity (Wildman–Crippen MR) is 78.2 cm³/mol. The van der Waals surface area contributed by atoms with E-state index in [2.05, 4.69) is 11.9 Å². The molecule has 1 aromatic carbocycles. The van der Waals surface area contributed by atoms with Crippen LogP contribution in [0.25, 0.3) is 0 Å². The molecule has 4 nitrogen and oxygen atoms in total. The molecule has 0 spiro atoms. The highest BCUT2D eigenvalue weighted by Crippen LogP contribution is 2.26. The summed E-state index contributed by atoms with van der Waals surface area (Å²) in [6, 6.07) is 5.93. The number of hydrogen-bond acceptors (Lipinski definition) is 3. The van der Waals surface area contributed by atoms with Crippen molar-refractivity contribution in [3.63, 3.8) is 0 Å². The van der Waals surface area contributed by atoms with E-state index >= 15 is 0 Å². The lowest BCUT2D eigenvalue weighted by atomic mass is 10.1. The van der Waals surface area contributed by atoms with E-state index in [4.69, 9.17) is 27.5 Å². The number of rotatable bonds is 5. The number of nitrogen functional groups attached to an aromatic ring is 1. The highest BCUT2D eigenvalue weighted by atomic mass is 35.5. The number of likely N-dealkylation sites (tertiary alicyclic amines) is 1. The van der Waals surface area contributed by atoms with Crippen LogP contribution in [0.5, 0.6) is 5.75 Å². The zero-order chi connectivity index (χ0) is 13.8. The van der Waals surface area contributed by atoms with Gasteiger partial charge in [-0.15, -0.1) is 0 Å². The maximum Gasteiger partial charge on any atom is 0.131 e. The molecule has 0 amide bonds. The molecule has 1 aliphatic heterocycles. The van der Waals surface area contributed by atoms with Crippen LogP contribution in [-0.4, -0.2) is 37.0 Å². The van der Waals surface area contributed by atoms with Gasteiger partial charge in [-0.2, -0.15) is 0 Å². The number of benzene rings is 1. The van der Waals surface area contributed by atoms with E-state index in [0.29, 0.717) is 29.0 Å². The molecule has 104 valence electrons. The maximum atomic E-state index is 7.56. The Hall–Kier alpha value is -1.26. The van der Waals surface area contributed by atoms with E-state index in [1.54, 1.807) is 12.1 Å². The average molecular weight is 282 g/mol. The van der Waals surface area contributed by atoms with Crippen molar-refractivity contribution < 1.29 is 4.74 Å². The van der Waals surface area contributed by atoms with Crippen molar-refractivity contribution in [1.82, 2.24) is 4.90 Å². The Kier molecular flexibility index (Phi) is 4.66. The minimum atomic E-state index is -0.0569. The minimum Gasteiger partial charge on any atom is -0.493 e. The van der Waals surface area contributed by atoms with Crippen molar-refractivity contribution >= 4 is 17.4 Å². The summed E-state index contributed by atoms with van der Waals surface area (Å²) in [5, 5.41) is 8.02. The fraction of sp³-hybridized carbons (Fsp3) is 0.500. The Morgan fingerprint density at radius 3 is 3.00 bits per heavy atom. The number of amidine groups is 1. The predicted octanol–water partition coefficient (Wildman–Crippen LogP) is 2.49. The molecular formula is C14H20ClN3O. The molecule has 2 rings (SSSR count).